The van der Waals surface area contributed by atoms with Crippen LogP contribution < -0.4 is 32.3 Å². The summed E-state index contributed by atoms with van der Waals surface area (Å²) >= 11 is 9.60. The Morgan fingerprint density at radius 2 is 1.58 bits per heavy atom. The number of aromatic nitrogens is 3. The molecular weight excluding hydrogens is 1040 g/mol. The first-order valence-electron chi connectivity index (χ1n) is 27.2. The molecule has 21 heteroatoms. The minimum atomic E-state index is -0.870. The van der Waals surface area contributed by atoms with E-state index in [0.29, 0.717) is 58.2 Å². The fraction of sp³-hybridized carbons (Fsp3) is 0.571. The number of likely N-dealkylation sites (tertiary alicyclic amines) is 1. The lowest BCUT2D eigenvalue weighted by molar-refractivity contribution is -0.144. The third-order valence-electron chi connectivity index (χ3n) is 14.9. The first-order chi connectivity index (χ1) is 36.6. The Kier molecular flexibility index (Phi) is 20.8. The fourth-order valence-electron chi connectivity index (χ4n) is 10.0. The van der Waals surface area contributed by atoms with Crippen molar-refractivity contribution in [2.45, 2.75) is 158 Å². The minimum absolute atomic E-state index is 0.0182. The van der Waals surface area contributed by atoms with Crippen LogP contribution in [0.25, 0.3) is 10.4 Å². The summed E-state index contributed by atoms with van der Waals surface area (Å²) in [4.78, 5) is 90.3. The number of hydrogen-bond acceptors (Lipinski definition) is 15. The van der Waals surface area contributed by atoms with Gasteiger partial charge in [0.2, 0.25) is 29.5 Å². The van der Waals surface area contributed by atoms with E-state index in [1.54, 1.807) is 29.7 Å². The van der Waals surface area contributed by atoms with Gasteiger partial charge < -0.3 is 47.2 Å². The monoisotopic (exact) mass is 1110 g/mol. The number of nitrogens with zero attached hydrogens (tertiary/aromatic N) is 7. The number of nitrogen functional groups attached to an aromatic ring is 1. The van der Waals surface area contributed by atoms with Crippen LogP contribution in [-0.2, 0) is 24.0 Å². The second-order valence-electron chi connectivity index (χ2n) is 22.3. The number of carbonyl (C=O) groups excluding carboxylic acids is 5. The lowest BCUT2D eigenvalue weighted by Gasteiger charge is -2.37. The number of rotatable bonds is 22. The Labute approximate surface area is 467 Å². The van der Waals surface area contributed by atoms with Crippen LogP contribution in [0, 0.1) is 12.3 Å². The summed E-state index contributed by atoms with van der Waals surface area (Å²) in [6.07, 6.45) is 8.84. The molecular formula is C56H79ClN12O6S2. The number of piperidine rings is 1. The van der Waals surface area contributed by atoms with Gasteiger partial charge in [0.25, 0.3) is 0 Å². The number of amides is 5. The lowest BCUT2D eigenvalue weighted by atomic mass is 9.85. The van der Waals surface area contributed by atoms with E-state index in [1.807, 2.05) is 75.4 Å². The Morgan fingerprint density at radius 3 is 2.25 bits per heavy atom. The molecule has 3 fully saturated rings. The molecule has 2 aromatic carbocycles. The molecule has 4 aromatic rings. The van der Waals surface area contributed by atoms with Crippen LogP contribution in [-0.4, -0.2) is 140 Å². The van der Waals surface area contributed by atoms with Crippen LogP contribution >= 0.6 is 34.7 Å². The summed E-state index contributed by atoms with van der Waals surface area (Å²) in [5.41, 5.74) is 17.0. The molecule has 0 radical (unpaired) electrons. The van der Waals surface area contributed by atoms with Crippen molar-refractivity contribution in [2.75, 3.05) is 68.3 Å². The van der Waals surface area contributed by atoms with Gasteiger partial charge in [-0.25, -0.2) is 15.0 Å². The first-order valence-corrected chi connectivity index (χ1v) is 29.2. The molecule has 418 valence electrons. The second kappa shape index (κ2) is 27.0. The summed E-state index contributed by atoms with van der Waals surface area (Å²) < 4.78 is 0. The standard InChI is InChI=1S/C56H79ClN12O6S2/c1-36(38-17-19-39(20-18-38)49-37(2)61-35-76-49)62-52(74)42-32-40(70)34-69(42)54(75)50(55(3,4)5)65-45(71)16-11-9-7-8-10-12-25-66-28-30-68(31-29-66)47(73)22-21-46(72)63-41-14-13-15-43(48(41)57)77-53-51(58)64-44(33-60-53)67-26-23-56(6,59)24-27-67/h13-15,17-20,33,35-36,40,42,50,70H,7-12,16,21-32,34,59H2,1-6H3,(H2,58,64)(H,62,74)(H,63,72)(H,65,71). The summed E-state index contributed by atoms with van der Waals surface area (Å²) in [5.74, 6) is -0.262. The number of hydrogen-bond donors (Lipinski definition) is 6. The molecule has 3 aliphatic rings. The Bertz CT molecular complexity index is 2670. The van der Waals surface area contributed by atoms with E-state index >= 15 is 0 Å². The third-order valence-corrected chi connectivity index (χ3v) is 17.5. The van der Waals surface area contributed by atoms with Crippen molar-refractivity contribution in [1.29, 1.82) is 0 Å². The predicted molar refractivity (Wildman–Crippen MR) is 306 cm³/mol. The maximum atomic E-state index is 14.1. The number of halogens is 1. The zero-order valence-electron chi connectivity index (χ0n) is 45.6. The molecule has 0 saturated carbocycles. The van der Waals surface area contributed by atoms with Gasteiger partial charge in [0.1, 0.15) is 22.9 Å². The van der Waals surface area contributed by atoms with E-state index in [1.165, 1.54) is 16.7 Å². The van der Waals surface area contributed by atoms with Crippen molar-refractivity contribution in [1.82, 2.24) is 40.3 Å². The number of carbonyl (C=O) groups is 5. The highest BCUT2D eigenvalue weighted by atomic mass is 35.5. The average Bonchev–Trinajstić information content (AvgIpc) is 4.03. The van der Waals surface area contributed by atoms with E-state index in [4.69, 9.17) is 23.1 Å². The van der Waals surface area contributed by atoms with Crippen LogP contribution in [0.15, 0.2) is 64.1 Å². The summed E-state index contributed by atoms with van der Waals surface area (Å²) in [6, 6.07) is 11.3. The van der Waals surface area contributed by atoms with Gasteiger partial charge in [-0.05, 0) is 81.7 Å². The molecule has 0 aliphatic carbocycles. The minimum Gasteiger partial charge on any atom is -0.391 e. The SMILES string of the molecule is Cc1ncsc1-c1ccc(C(C)NC(=O)C2CC(O)CN2C(=O)C(NC(=O)CCCCCCCCN2CCN(C(=O)CCC(=O)Nc3cccc(Sc4ncc(N5CCC(C)(N)CC5)nc4N)c3Cl)CC2)C(C)(C)C)cc1. The van der Waals surface area contributed by atoms with E-state index in [0.717, 1.165) is 99.4 Å². The van der Waals surface area contributed by atoms with Gasteiger partial charge in [-0.3, -0.25) is 28.9 Å². The highest BCUT2D eigenvalue weighted by molar-refractivity contribution is 7.99. The van der Waals surface area contributed by atoms with Crippen molar-refractivity contribution in [3.05, 3.63) is 70.5 Å². The normalized spacial score (nSPS) is 18.7. The van der Waals surface area contributed by atoms with Crippen LogP contribution in [0.2, 0.25) is 5.02 Å². The Balaban J connectivity index is 0.746. The van der Waals surface area contributed by atoms with Crippen LogP contribution in [0.1, 0.15) is 129 Å². The average molecular weight is 1120 g/mol. The van der Waals surface area contributed by atoms with Crippen molar-refractivity contribution < 1.29 is 29.1 Å². The molecule has 2 aromatic heterocycles. The summed E-state index contributed by atoms with van der Waals surface area (Å²) in [6.45, 7) is 16.9. The number of β-amino-alcohol motifs (C(OH)–C–C–N with tert-alkyl or cyclic N) is 1. The van der Waals surface area contributed by atoms with Gasteiger partial charge in [0, 0.05) is 81.9 Å². The van der Waals surface area contributed by atoms with Crippen molar-refractivity contribution in [2.24, 2.45) is 11.1 Å². The zero-order chi connectivity index (χ0) is 55.4. The first kappa shape index (κ1) is 59.3. The van der Waals surface area contributed by atoms with Gasteiger partial charge >= 0.3 is 0 Å². The van der Waals surface area contributed by atoms with Gasteiger partial charge in [-0.15, -0.1) is 11.3 Å². The maximum absolute atomic E-state index is 14.1. The molecule has 7 rings (SSSR count). The number of nitrogens with one attached hydrogen (secondary N) is 3. The van der Waals surface area contributed by atoms with Gasteiger partial charge in [0.05, 0.1) is 45.1 Å². The van der Waals surface area contributed by atoms with Crippen LogP contribution in [0.5, 0.6) is 0 Å². The molecule has 5 amide bonds. The maximum Gasteiger partial charge on any atom is 0.246 e. The van der Waals surface area contributed by atoms with E-state index < -0.39 is 23.6 Å². The number of unbranched alkanes of at least 4 members (excludes halogenated alkanes) is 5. The van der Waals surface area contributed by atoms with Gasteiger partial charge in [-0.1, -0.05) is 100 Å². The zero-order valence-corrected chi connectivity index (χ0v) is 48.0. The van der Waals surface area contributed by atoms with Crippen molar-refractivity contribution in [3.63, 3.8) is 0 Å². The molecule has 3 aliphatic heterocycles. The molecule has 4 atom stereocenters. The number of aliphatic hydroxyl groups is 1. The number of thiazole rings is 1. The topological polar surface area (TPSA) is 245 Å². The van der Waals surface area contributed by atoms with E-state index in [2.05, 4.69) is 47.6 Å². The molecule has 77 heavy (non-hydrogen) atoms. The van der Waals surface area contributed by atoms with E-state index in [-0.39, 0.29) is 66.9 Å². The lowest BCUT2D eigenvalue weighted by Crippen LogP contribution is -2.57. The molecule has 8 N–H and O–H groups in total. The number of nitrogens with two attached hydrogens (primary N) is 2. The molecule has 3 saturated heterocycles. The number of benzene rings is 2. The van der Waals surface area contributed by atoms with Crippen LogP contribution in [0.3, 0.4) is 0 Å². The van der Waals surface area contributed by atoms with Gasteiger partial charge in [-0.2, -0.15) is 0 Å². The largest absolute Gasteiger partial charge is 0.391 e. The second-order valence-corrected chi connectivity index (χ2v) is 24.6. The van der Waals surface area contributed by atoms with Crippen LogP contribution in [0.4, 0.5) is 17.3 Å². The third kappa shape index (κ3) is 16.6. The molecule has 0 bridgehead atoms. The predicted octanol–water partition coefficient (Wildman–Crippen LogP) is 7.58. The fourth-order valence-corrected chi connectivity index (χ4v) is 12.0. The van der Waals surface area contributed by atoms with Crippen molar-refractivity contribution >= 4 is 81.6 Å². The molecule has 0 spiro atoms. The number of aryl methyl sites for hydroxylation is 1. The van der Waals surface area contributed by atoms with Crippen molar-refractivity contribution in [3.8, 4) is 10.4 Å². The number of piperazine rings is 1. The van der Waals surface area contributed by atoms with E-state index in [9.17, 15) is 29.1 Å². The molecule has 18 nitrogen and oxygen atoms in total. The highest BCUT2D eigenvalue weighted by Crippen LogP contribution is 2.39. The Hall–Kier alpha value is -5.38. The smallest absolute Gasteiger partial charge is 0.246 e. The quantitative estimate of drug-likeness (QED) is 0.0416. The summed E-state index contributed by atoms with van der Waals surface area (Å²) in [5, 5.41) is 20.4. The summed E-state index contributed by atoms with van der Waals surface area (Å²) in [7, 11) is 0. The van der Waals surface area contributed by atoms with Gasteiger partial charge in [0.15, 0.2) is 5.82 Å². The molecule has 4 unspecified atom stereocenters. The number of aliphatic hydroxyl groups excluding tert-OH is 1. The number of anilines is 3. The molecule has 5 heterocycles. The Morgan fingerprint density at radius 1 is 0.896 bits per heavy atom. The highest BCUT2D eigenvalue weighted by Gasteiger charge is 2.45.